The second-order valence-corrected chi connectivity index (χ2v) is 8.63. The van der Waals surface area contributed by atoms with Crippen LogP contribution >= 0.6 is 23.5 Å². The molecule has 2 aliphatic heterocycles. The Balaban J connectivity index is 1.41. The molecule has 3 aliphatic rings. The van der Waals surface area contributed by atoms with Crippen molar-refractivity contribution in [1.29, 1.82) is 0 Å². The molecular formula is C20H19ClN2OS. The molecule has 2 aromatic carbocycles. The molecule has 1 saturated heterocycles. The van der Waals surface area contributed by atoms with Crippen molar-refractivity contribution in [3.63, 3.8) is 0 Å². The van der Waals surface area contributed by atoms with Crippen molar-refractivity contribution >= 4 is 29.5 Å². The molecule has 1 N–H and O–H groups in total. The number of halogens is 1. The second kappa shape index (κ2) is 5.50. The van der Waals surface area contributed by atoms with E-state index in [4.69, 9.17) is 11.6 Å². The summed E-state index contributed by atoms with van der Waals surface area (Å²) in [5, 5.41) is 0.718. The molecule has 2 fully saturated rings. The van der Waals surface area contributed by atoms with Crippen LogP contribution in [0.3, 0.4) is 0 Å². The number of fused-ring (bicyclic) bond motifs is 2. The van der Waals surface area contributed by atoms with E-state index in [0.29, 0.717) is 0 Å². The Labute approximate surface area is 156 Å². The van der Waals surface area contributed by atoms with Crippen LogP contribution in [0.2, 0.25) is 5.02 Å². The van der Waals surface area contributed by atoms with E-state index >= 15 is 0 Å². The van der Waals surface area contributed by atoms with Crippen LogP contribution in [0.25, 0.3) is 0 Å². The molecule has 2 heterocycles. The molecule has 1 spiro atoms. The molecule has 5 rings (SSSR count). The number of nitrogens with one attached hydrogen (secondary N) is 1. The Kier molecular flexibility index (Phi) is 3.46. The van der Waals surface area contributed by atoms with E-state index in [1.807, 2.05) is 24.3 Å². The number of nitrogens with zero attached hydrogens (tertiary/aromatic N) is 1. The minimum atomic E-state index is -0.318. The molecule has 128 valence electrons. The Morgan fingerprint density at radius 2 is 1.84 bits per heavy atom. The van der Waals surface area contributed by atoms with Gasteiger partial charge in [0.15, 0.2) is 0 Å². The van der Waals surface area contributed by atoms with Crippen molar-refractivity contribution in [1.82, 2.24) is 9.62 Å². The van der Waals surface area contributed by atoms with E-state index in [0.717, 1.165) is 42.9 Å². The van der Waals surface area contributed by atoms with Gasteiger partial charge in [0, 0.05) is 23.0 Å². The number of amides is 1. The lowest BCUT2D eigenvalue weighted by atomic mass is 9.90. The molecule has 0 aromatic heterocycles. The highest BCUT2D eigenvalue weighted by atomic mass is 35.5. The number of benzene rings is 2. The Hall–Kier alpha value is -1.49. The van der Waals surface area contributed by atoms with Gasteiger partial charge in [-0.3, -0.25) is 4.79 Å². The largest absolute Gasteiger partial charge is 0.340 e. The minimum absolute atomic E-state index is 0.0903. The number of carbonyl (C=O) groups is 1. The van der Waals surface area contributed by atoms with Crippen molar-refractivity contribution in [3.05, 3.63) is 64.7 Å². The van der Waals surface area contributed by atoms with Crippen LogP contribution in [0.15, 0.2) is 53.4 Å². The van der Waals surface area contributed by atoms with Crippen molar-refractivity contribution in [3.8, 4) is 0 Å². The summed E-state index contributed by atoms with van der Waals surface area (Å²) >= 11 is 7.71. The molecule has 0 radical (unpaired) electrons. The fourth-order valence-electron chi connectivity index (χ4n) is 4.27. The predicted molar refractivity (Wildman–Crippen MR) is 101 cm³/mol. The molecule has 1 atom stereocenters. The monoisotopic (exact) mass is 370 g/mol. The molecular weight excluding hydrogens is 352 g/mol. The summed E-state index contributed by atoms with van der Waals surface area (Å²) in [5.74, 6) is 0.280. The summed E-state index contributed by atoms with van der Waals surface area (Å²) < 4.78 is 3.61. The van der Waals surface area contributed by atoms with Gasteiger partial charge < -0.3 is 4.90 Å². The molecule has 3 nitrogen and oxygen atoms in total. The Bertz CT molecular complexity index is 849. The average molecular weight is 371 g/mol. The molecule has 1 amide bonds. The van der Waals surface area contributed by atoms with Gasteiger partial charge in [-0.15, -0.1) is 0 Å². The minimum Gasteiger partial charge on any atom is -0.340 e. The Morgan fingerprint density at radius 3 is 2.60 bits per heavy atom. The summed E-state index contributed by atoms with van der Waals surface area (Å²) in [6, 6.07) is 16.3. The van der Waals surface area contributed by atoms with Crippen molar-refractivity contribution in [2.75, 3.05) is 13.1 Å². The maximum Gasteiger partial charge on any atom is 0.233 e. The van der Waals surface area contributed by atoms with E-state index in [1.165, 1.54) is 10.5 Å². The first-order valence-corrected chi connectivity index (χ1v) is 9.91. The van der Waals surface area contributed by atoms with Gasteiger partial charge in [0.25, 0.3) is 0 Å². The first kappa shape index (κ1) is 15.7. The maximum absolute atomic E-state index is 13.3. The van der Waals surface area contributed by atoms with E-state index in [2.05, 4.69) is 33.9 Å². The van der Waals surface area contributed by atoms with Gasteiger partial charge in [0.1, 0.15) is 0 Å². The lowest BCUT2D eigenvalue weighted by molar-refractivity contribution is -0.133. The molecule has 1 saturated carbocycles. The third-order valence-electron chi connectivity index (χ3n) is 5.87. The van der Waals surface area contributed by atoms with Crippen LogP contribution < -0.4 is 4.72 Å². The number of hydrogen-bond acceptors (Lipinski definition) is 3. The summed E-state index contributed by atoms with van der Waals surface area (Å²) in [7, 11) is 0. The first-order chi connectivity index (χ1) is 12.1. The van der Waals surface area contributed by atoms with E-state index in [9.17, 15) is 4.79 Å². The van der Waals surface area contributed by atoms with Crippen molar-refractivity contribution < 1.29 is 4.79 Å². The third kappa shape index (κ3) is 2.35. The number of rotatable bonds is 2. The van der Waals surface area contributed by atoms with Crippen molar-refractivity contribution in [2.24, 2.45) is 0 Å². The fraction of sp³-hybridized carbons (Fsp3) is 0.350. The lowest BCUT2D eigenvalue weighted by Gasteiger charge is -2.27. The van der Waals surface area contributed by atoms with Crippen LogP contribution in [0.1, 0.15) is 30.4 Å². The highest BCUT2D eigenvalue weighted by Gasteiger charge is 2.56. The first-order valence-electron chi connectivity index (χ1n) is 8.72. The zero-order valence-electron chi connectivity index (χ0n) is 13.8. The van der Waals surface area contributed by atoms with Gasteiger partial charge in [-0.05, 0) is 60.5 Å². The molecule has 1 unspecified atom stereocenters. The summed E-state index contributed by atoms with van der Waals surface area (Å²) in [6.45, 7) is 1.57. The summed E-state index contributed by atoms with van der Waals surface area (Å²) in [4.78, 5) is 16.7. The van der Waals surface area contributed by atoms with Gasteiger partial charge in [0.2, 0.25) is 5.91 Å². The molecule has 5 heteroatoms. The SMILES string of the molecule is O=C(N1CCC2(C1)NSc1ccccc12)C1(c2ccc(Cl)cc2)CC1. The average Bonchev–Trinajstić information content (AvgIpc) is 3.22. The zero-order valence-corrected chi connectivity index (χ0v) is 15.4. The van der Waals surface area contributed by atoms with Crippen LogP contribution in [0, 0.1) is 0 Å². The third-order valence-corrected chi connectivity index (χ3v) is 7.19. The quantitative estimate of drug-likeness (QED) is 0.807. The zero-order chi connectivity index (χ0) is 17.1. The number of carbonyl (C=O) groups excluding carboxylic acids is 1. The van der Waals surface area contributed by atoms with Gasteiger partial charge >= 0.3 is 0 Å². The van der Waals surface area contributed by atoms with Gasteiger partial charge in [-0.1, -0.05) is 41.9 Å². The van der Waals surface area contributed by atoms with Gasteiger partial charge in [-0.25, -0.2) is 4.72 Å². The maximum atomic E-state index is 13.3. The number of likely N-dealkylation sites (tertiary alicyclic amines) is 1. The van der Waals surface area contributed by atoms with Crippen LogP contribution in [0.5, 0.6) is 0 Å². The second-order valence-electron chi connectivity index (χ2n) is 7.35. The summed E-state index contributed by atoms with van der Waals surface area (Å²) in [5.41, 5.74) is 2.04. The predicted octanol–water partition coefficient (Wildman–Crippen LogP) is 4.11. The summed E-state index contributed by atoms with van der Waals surface area (Å²) in [6.07, 6.45) is 2.85. The van der Waals surface area contributed by atoms with E-state index in [1.54, 1.807) is 11.9 Å². The molecule has 1 aliphatic carbocycles. The molecule has 0 bridgehead atoms. The van der Waals surface area contributed by atoms with E-state index in [-0.39, 0.29) is 16.9 Å². The van der Waals surface area contributed by atoms with E-state index < -0.39 is 0 Å². The molecule has 2 aromatic rings. The highest BCUT2D eigenvalue weighted by Crippen LogP contribution is 2.52. The van der Waals surface area contributed by atoms with Crippen LogP contribution in [-0.2, 0) is 15.7 Å². The normalized spacial score (nSPS) is 26.0. The highest BCUT2D eigenvalue weighted by molar-refractivity contribution is 7.97. The van der Waals surface area contributed by atoms with Gasteiger partial charge in [-0.2, -0.15) is 0 Å². The number of hydrogen-bond donors (Lipinski definition) is 1. The smallest absolute Gasteiger partial charge is 0.233 e. The molecule has 25 heavy (non-hydrogen) atoms. The van der Waals surface area contributed by atoms with Crippen LogP contribution in [0.4, 0.5) is 0 Å². The van der Waals surface area contributed by atoms with Crippen molar-refractivity contribution in [2.45, 2.75) is 35.1 Å². The lowest BCUT2D eigenvalue weighted by Crippen LogP contribution is -2.43. The van der Waals surface area contributed by atoms with Crippen LogP contribution in [-0.4, -0.2) is 23.9 Å². The topological polar surface area (TPSA) is 32.3 Å². The standard InChI is InChI=1S/C20H19ClN2OS/c21-15-7-5-14(6-8-15)19(9-10-19)18(24)23-12-11-20(13-23)16-3-1-2-4-17(16)25-22-20/h1-8,22H,9-13H2. The fourth-order valence-corrected chi connectivity index (χ4v) is 5.50. The van der Waals surface area contributed by atoms with Gasteiger partial charge in [0.05, 0.1) is 11.0 Å². The Morgan fingerprint density at radius 1 is 1.08 bits per heavy atom.